The van der Waals surface area contributed by atoms with Gasteiger partial charge in [-0.15, -0.1) is 0 Å². The third-order valence-corrected chi connectivity index (χ3v) is 1.57. The van der Waals surface area contributed by atoms with Gasteiger partial charge in [0.1, 0.15) is 0 Å². The van der Waals surface area contributed by atoms with Gasteiger partial charge in [0.05, 0.1) is 0 Å². The summed E-state index contributed by atoms with van der Waals surface area (Å²) in [6, 6.07) is 0. The lowest BCUT2D eigenvalue weighted by Gasteiger charge is -2.20. The lowest BCUT2D eigenvalue weighted by molar-refractivity contribution is 0.513. The van der Waals surface area contributed by atoms with Crippen molar-refractivity contribution in [2.45, 2.75) is 12.8 Å². The van der Waals surface area contributed by atoms with Crippen molar-refractivity contribution in [3.8, 4) is 0 Å². The summed E-state index contributed by atoms with van der Waals surface area (Å²) in [6.07, 6.45) is 6.35. The number of rotatable bonds is 0. The second-order valence-corrected chi connectivity index (χ2v) is 2.48. The summed E-state index contributed by atoms with van der Waals surface area (Å²) >= 11 is 4.77. The highest BCUT2D eigenvalue weighted by Gasteiger charge is 2.03. The molecular formula is C6H10N2S. The normalized spacial score (nSPS) is 18.0. The minimum Gasteiger partial charge on any atom is -0.376 e. The standard InChI is InChI=1S/C6H10N2S/c7-6(9)8-4-2-1-3-5-8/h2,4H,1,3,5H2,(H2,7,9). The van der Waals surface area contributed by atoms with Crippen molar-refractivity contribution in [3.63, 3.8) is 0 Å². The monoisotopic (exact) mass is 142 g/mol. The molecular weight excluding hydrogens is 132 g/mol. The first-order valence-corrected chi connectivity index (χ1v) is 3.44. The summed E-state index contributed by atoms with van der Waals surface area (Å²) in [5, 5.41) is 0.478. The summed E-state index contributed by atoms with van der Waals surface area (Å²) in [5.41, 5.74) is 5.37. The minimum absolute atomic E-state index is 0.478. The summed E-state index contributed by atoms with van der Waals surface area (Å²) in [5.74, 6) is 0. The molecule has 0 fully saturated rings. The smallest absolute Gasteiger partial charge is 0.170 e. The second-order valence-electron chi connectivity index (χ2n) is 2.06. The van der Waals surface area contributed by atoms with Crippen molar-refractivity contribution in [3.05, 3.63) is 12.3 Å². The van der Waals surface area contributed by atoms with Crippen molar-refractivity contribution in [2.24, 2.45) is 5.73 Å². The third kappa shape index (κ3) is 1.68. The number of thiocarbonyl (C=S) groups is 1. The first kappa shape index (κ1) is 6.55. The quantitative estimate of drug-likeness (QED) is 0.508. The lowest BCUT2D eigenvalue weighted by atomic mass is 10.2. The summed E-state index contributed by atoms with van der Waals surface area (Å²) in [4.78, 5) is 1.89. The minimum atomic E-state index is 0.478. The average Bonchev–Trinajstić information content (AvgIpc) is 1.90. The van der Waals surface area contributed by atoms with Crippen molar-refractivity contribution in [2.75, 3.05) is 6.54 Å². The van der Waals surface area contributed by atoms with Crippen LogP contribution in [0.3, 0.4) is 0 Å². The Hall–Kier alpha value is -0.570. The largest absolute Gasteiger partial charge is 0.376 e. The van der Waals surface area contributed by atoms with E-state index in [9.17, 15) is 0 Å². The van der Waals surface area contributed by atoms with E-state index < -0.39 is 0 Å². The van der Waals surface area contributed by atoms with E-state index in [1.165, 1.54) is 0 Å². The van der Waals surface area contributed by atoms with Gasteiger partial charge in [-0.25, -0.2) is 0 Å². The number of hydrogen-bond acceptors (Lipinski definition) is 1. The van der Waals surface area contributed by atoms with Gasteiger partial charge in [0.2, 0.25) is 0 Å². The van der Waals surface area contributed by atoms with Crippen LogP contribution in [0, 0.1) is 0 Å². The molecule has 0 unspecified atom stereocenters. The van der Waals surface area contributed by atoms with Crippen LogP contribution in [-0.4, -0.2) is 16.6 Å². The molecule has 0 saturated carbocycles. The van der Waals surface area contributed by atoms with Crippen molar-refractivity contribution in [1.29, 1.82) is 0 Å². The molecule has 50 valence electrons. The van der Waals surface area contributed by atoms with E-state index in [0.717, 1.165) is 19.4 Å². The molecule has 0 bridgehead atoms. The SMILES string of the molecule is NC(=S)N1C=CCCC1. The zero-order valence-corrected chi connectivity index (χ0v) is 6.03. The van der Waals surface area contributed by atoms with Gasteiger partial charge in [0, 0.05) is 12.7 Å². The molecule has 2 nitrogen and oxygen atoms in total. The van der Waals surface area contributed by atoms with Gasteiger partial charge in [-0.3, -0.25) is 0 Å². The van der Waals surface area contributed by atoms with Crippen LogP contribution in [0.5, 0.6) is 0 Å². The molecule has 0 radical (unpaired) electrons. The Labute approximate surface area is 60.3 Å². The fraction of sp³-hybridized carbons (Fsp3) is 0.500. The third-order valence-electron chi connectivity index (χ3n) is 1.34. The maximum Gasteiger partial charge on any atom is 0.170 e. The second kappa shape index (κ2) is 2.82. The number of hydrogen-bond donors (Lipinski definition) is 1. The van der Waals surface area contributed by atoms with Gasteiger partial charge in [0.15, 0.2) is 5.11 Å². The highest BCUT2D eigenvalue weighted by Crippen LogP contribution is 2.04. The van der Waals surface area contributed by atoms with Crippen molar-refractivity contribution < 1.29 is 0 Å². The van der Waals surface area contributed by atoms with E-state index in [4.69, 9.17) is 18.0 Å². The van der Waals surface area contributed by atoms with Crippen LogP contribution >= 0.6 is 12.2 Å². The molecule has 0 saturated heterocycles. The Morgan fingerprint density at radius 1 is 1.67 bits per heavy atom. The molecule has 0 atom stereocenters. The first-order valence-electron chi connectivity index (χ1n) is 3.03. The first-order chi connectivity index (χ1) is 4.30. The topological polar surface area (TPSA) is 29.3 Å². The zero-order valence-electron chi connectivity index (χ0n) is 5.21. The van der Waals surface area contributed by atoms with Crippen LogP contribution in [0.25, 0.3) is 0 Å². The van der Waals surface area contributed by atoms with Crippen molar-refractivity contribution in [1.82, 2.24) is 4.90 Å². The molecule has 1 rings (SSSR count). The van der Waals surface area contributed by atoms with E-state index in [1.54, 1.807) is 0 Å². The number of nitrogens with two attached hydrogens (primary N) is 1. The highest BCUT2D eigenvalue weighted by molar-refractivity contribution is 7.80. The van der Waals surface area contributed by atoms with E-state index in [-0.39, 0.29) is 0 Å². The highest BCUT2D eigenvalue weighted by atomic mass is 32.1. The summed E-state index contributed by atoms with van der Waals surface area (Å²) in [6.45, 7) is 0.978. The van der Waals surface area contributed by atoms with Crippen molar-refractivity contribution >= 4 is 17.3 Å². The Balaban J connectivity index is 2.50. The Kier molecular flexibility index (Phi) is 2.05. The van der Waals surface area contributed by atoms with Gasteiger partial charge >= 0.3 is 0 Å². The molecule has 9 heavy (non-hydrogen) atoms. The zero-order chi connectivity index (χ0) is 6.69. The van der Waals surface area contributed by atoms with E-state index in [1.807, 2.05) is 11.1 Å². The molecule has 0 aromatic rings. The molecule has 0 aromatic carbocycles. The van der Waals surface area contributed by atoms with Gasteiger partial charge in [-0.05, 0) is 25.1 Å². The van der Waals surface area contributed by atoms with Crippen LogP contribution < -0.4 is 5.73 Å². The fourth-order valence-electron chi connectivity index (χ4n) is 0.839. The van der Waals surface area contributed by atoms with Crippen LogP contribution in [0.2, 0.25) is 0 Å². The molecule has 0 aromatic heterocycles. The van der Waals surface area contributed by atoms with Gasteiger partial charge < -0.3 is 10.6 Å². The molecule has 1 heterocycles. The predicted molar refractivity (Wildman–Crippen MR) is 41.9 cm³/mol. The molecule has 2 N–H and O–H groups in total. The Morgan fingerprint density at radius 3 is 2.78 bits per heavy atom. The molecule has 1 aliphatic rings. The van der Waals surface area contributed by atoms with Gasteiger partial charge in [0.25, 0.3) is 0 Å². The Morgan fingerprint density at radius 2 is 2.44 bits per heavy atom. The maximum atomic E-state index is 5.37. The fourth-order valence-corrected chi connectivity index (χ4v) is 0.992. The maximum absolute atomic E-state index is 5.37. The summed E-state index contributed by atoms with van der Waals surface area (Å²) in [7, 11) is 0. The molecule has 0 spiro atoms. The van der Waals surface area contributed by atoms with E-state index >= 15 is 0 Å². The molecule has 1 aliphatic heterocycles. The van der Waals surface area contributed by atoms with Crippen LogP contribution in [0.15, 0.2) is 12.3 Å². The predicted octanol–water partition coefficient (Wildman–Crippen LogP) is 0.840. The van der Waals surface area contributed by atoms with Gasteiger partial charge in [-0.2, -0.15) is 0 Å². The average molecular weight is 142 g/mol. The van der Waals surface area contributed by atoms with Crippen LogP contribution in [-0.2, 0) is 0 Å². The van der Waals surface area contributed by atoms with Crippen LogP contribution in [0.4, 0.5) is 0 Å². The van der Waals surface area contributed by atoms with E-state index in [2.05, 4.69) is 6.08 Å². The molecule has 3 heteroatoms. The number of allylic oxidation sites excluding steroid dienone is 1. The summed E-state index contributed by atoms with van der Waals surface area (Å²) < 4.78 is 0. The van der Waals surface area contributed by atoms with Crippen LogP contribution in [0.1, 0.15) is 12.8 Å². The van der Waals surface area contributed by atoms with E-state index in [0.29, 0.717) is 5.11 Å². The Bertz CT molecular complexity index is 142. The number of nitrogens with zero attached hydrogens (tertiary/aromatic N) is 1. The molecule has 0 aliphatic carbocycles. The van der Waals surface area contributed by atoms with Gasteiger partial charge in [-0.1, -0.05) is 6.08 Å². The lowest BCUT2D eigenvalue weighted by Crippen LogP contribution is -2.32. The molecule has 0 amide bonds.